The van der Waals surface area contributed by atoms with Gasteiger partial charge >= 0.3 is 0 Å². The van der Waals surface area contributed by atoms with Gasteiger partial charge in [0.1, 0.15) is 0 Å². The van der Waals surface area contributed by atoms with Gasteiger partial charge in [0.25, 0.3) is 5.91 Å². The lowest BCUT2D eigenvalue weighted by Crippen LogP contribution is -2.43. The first-order valence-corrected chi connectivity index (χ1v) is 8.49. The number of nitrogens with two attached hydrogens (primary N) is 1. The van der Waals surface area contributed by atoms with Crippen LogP contribution in [0.2, 0.25) is 0 Å². The summed E-state index contributed by atoms with van der Waals surface area (Å²) in [4.78, 5) is 13.0. The van der Waals surface area contributed by atoms with Gasteiger partial charge in [0.15, 0.2) is 5.72 Å². The van der Waals surface area contributed by atoms with Gasteiger partial charge < -0.3 is 10.8 Å². The van der Waals surface area contributed by atoms with Crippen molar-refractivity contribution in [3.05, 3.63) is 64.1 Å². The number of aliphatic hydroxyl groups is 1. The first-order chi connectivity index (χ1) is 11.5. The third-order valence-corrected chi connectivity index (χ3v) is 4.67. The second kappa shape index (κ2) is 6.37. The molecule has 1 amide bonds. The number of benzene rings is 2. The number of hydrogen-bond donors (Lipinski definition) is 2. The van der Waals surface area contributed by atoms with Crippen molar-refractivity contribution >= 4 is 33.2 Å². The maximum Gasteiger partial charge on any atom is 0.279 e. The van der Waals surface area contributed by atoms with Gasteiger partial charge in [-0.3, -0.25) is 4.79 Å². The van der Waals surface area contributed by atoms with Crippen molar-refractivity contribution in [2.24, 2.45) is 5.10 Å². The van der Waals surface area contributed by atoms with E-state index in [1.165, 1.54) is 0 Å². The predicted octanol–water partition coefficient (Wildman–Crippen LogP) is 3.49. The van der Waals surface area contributed by atoms with Gasteiger partial charge in [-0.15, -0.1) is 0 Å². The second-order valence-corrected chi connectivity index (χ2v) is 6.64. The lowest BCUT2D eigenvalue weighted by atomic mass is 9.96. The summed E-state index contributed by atoms with van der Waals surface area (Å²) in [5.74, 6) is -0.415. The van der Waals surface area contributed by atoms with E-state index in [2.05, 4.69) is 21.0 Å². The molecule has 0 spiro atoms. The Morgan fingerprint density at radius 2 is 1.96 bits per heavy atom. The molecule has 3 rings (SSSR count). The number of nitrogen functional groups attached to an aromatic ring is 1. The SMILES string of the molecule is CCC1=NN(C(=O)c2ccccc2N)[C@@](O)(c2ccc(Br)cc2)C1. The molecule has 0 unspecified atom stereocenters. The Bertz CT molecular complexity index is 804. The molecule has 124 valence electrons. The van der Waals surface area contributed by atoms with Crippen molar-refractivity contribution in [1.82, 2.24) is 5.01 Å². The number of halogens is 1. The zero-order valence-corrected chi connectivity index (χ0v) is 14.8. The quantitative estimate of drug-likeness (QED) is 0.791. The Kier molecular flexibility index (Phi) is 4.43. The maximum absolute atomic E-state index is 13.0. The Labute approximate surface area is 148 Å². The number of hydrazone groups is 1. The smallest absolute Gasteiger partial charge is 0.279 e. The lowest BCUT2D eigenvalue weighted by molar-refractivity contribution is -0.0765. The van der Waals surface area contributed by atoms with Gasteiger partial charge in [-0.25, -0.2) is 0 Å². The number of hydrogen-bond acceptors (Lipinski definition) is 4. The summed E-state index contributed by atoms with van der Waals surface area (Å²) < 4.78 is 0.898. The number of rotatable bonds is 3. The highest BCUT2D eigenvalue weighted by Crippen LogP contribution is 2.38. The predicted molar refractivity (Wildman–Crippen MR) is 97.4 cm³/mol. The van der Waals surface area contributed by atoms with Crippen LogP contribution in [0, 0.1) is 0 Å². The van der Waals surface area contributed by atoms with E-state index in [1.54, 1.807) is 36.4 Å². The number of para-hydroxylation sites is 1. The standard InChI is InChI=1S/C18H18BrN3O2/c1-2-14-11-18(24,12-7-9-13(19)10-8-12)22(21-14)17(23)15-5-3-4-6-16(15)20/h3-10,24H,2,11,20H2,1H3/t18-/m0/s1. The van der Waals surface area contributed by atoms with Crippen LogP contribution in [0.5, 0.6) is 0 Å². The molecule has 1 aliphatic rings. The molecule has 0 aliphatic carbocycles. The molecule has 0 aromatic heterocycles. The summed E-state index contributed by atoms with van der Waals surface area (Å²) in [7, 11) is 0. The minimum atomic E-state index is -1.51. The minimum Gasteiger partial charge on any atom is -0.398 e. The zero-order chi connectivity index (χ0) is 17.3. The van der Waals surface area contributed by atoms with Crippen molar-refractivity contribution in [2.45, 2.75) is 25.5 Å². The van der Waals surface area contributed by atoms with Crippen molar-refractivity contribution in [3.8, 4) is 0 Å². The molecule has 5 nitrogen and oxygen atoms in total. The van der Waals surface area contributed by atoms with E-state index in [0.29, 0.717) is 23.2 Å². The minimum absolute atomic E-state index is 0.281. The molecule has 0 radical (unpaired) electrons. The maximum atomic E-state index is 13.0. The van der Waals surface area contributed by atoms with E-state index < -0.39 is 11.6 Å². The first kappa shape index (κ1) is 16.7. The van der Waals surface area contributed by atoms with Gasteiger partial charge in [-0.2, -0.15) is 10.1 Å². The molecular weight excluding hydrogens is 370 g/mol. The molecule has 3 N–H and O–H groups in total. The zero-order valence-electron chi connectivity index (χ0n) is 13.2. The van der Waals surface area contributed by atoms with E-state index in [9.17, 15) is 9.90 Å². The summed E-state index contributed by atoms with van der Waals surface area (Å²) in [6.45, 7) is 1.95. The van der Waals surface area contributed by atoms with Crippen LogP contribution in [0.4, 0.5) is 5.69 Å². The van der Waals surface area contributed by atoms with Crippen LogP contribution in [0.3, 0.4) is 0 Å². The molecule has 6 heteroatoms. The molecular formula is C18H18BrN3O2. The van der Waals surface area contributed by atoms with Crippen LogP contribution in [0.1, 0.15) is 35.7 Å². The Balaban J connectivity index is 2.05. The van der Waals surface area contributed by atoms with Crippen molar-refractivity contribution in [2.75, 3.05) is 5.73 Å². The van der Waals surface area contributed by atoms with Gasteiger partial charge in [0, 0.05) is 27.9 Å². The van der Waals surface area contributed by atoms with E-state index >= 15 is 0 Å². The van der Waals surface area contributed by atoms with E-state index in [0.717, 1.165) is 15.2 Å². The average molecular weight is 388 g/mol. The molecule has 0 bridgehead atoms. The van der Waals surface area contributed by atoms with Crippen LogP contribution < -0.4 is 5.73 Å². The third-order valence-electron chi connectivity index (χ3n) is 4.14. The van der Waals surface area contributed by atoms with E-state index in [-0.39, 0.29) is 6.42 Å². The van der Waals surface area contributed by atoms with Gasteiger partial charge in [-0.05, 0) is 30.7 Å². The average Bonchev–Trinajstić information content (AvgIpc) is 2.93. The summed E-state index contributed by atoms with van der Waals surface area (Å²) >= 11 is 3.38. The summed E-state index contributed by atoms with van der Waals surface area (Å²) in [5.41, 5.74) is 6.48. The first-order valence-electron chi connectivity index (χ1n) is 7.69. The molecule has 0 fully saturated rings. The third kappa shape index (κ3) is 2.83. The van der Waals surface area contributed by atoms with E-state index in [4.69, 9.17) is 5.73 Å². The summed E-state index contributed by atoms with van der Waals surface area (Å²) in [6, 6.07) is 14.0. The van der Waals surface area contributed by atoms with Crippen molar-refractivity contribution in [3.63, 3.8) is 0 Å². The summed E-state index contributed by atoms with van der Waals surface area (Å²) in [5, 5.41) is 16.8. The normalized spacial score (nSPS) is 20.1. The molecule has 2 aromatic carbocycles. The topological polar surface area (TPSA) is 78.9 Å². The largest absolute Gasteiger partial charge is 0.398 e. The molecule has 1 heterocycles. The van der Waals surface area contributed by atoms with Gasteiger partial charge in [-0.1, -0.05) is 47.1 Å². The van der Waals surface area contributed by atoms with Crippen LogP contribution in [0.15, 0.2) is 58.1 Å². The van der Waals surface area contributed by atoms with Crippen LogP contribution >= 0.6 is 15.9 Å². The highest BCUT2D eigenvalue weighted by Gasteiger charge is 2.45. The number of anilines is 1. The fraction of sp³-hybridized carbons (Fsp3) is 0.222. The Morgan fingerprint density at radius 1 is 1.29 bits per heavy atom. The van der Waals surface area contributed by atoms with Crippen LogP contribution in [-0.4, -0.2) is 21.7 Å². The molecule has 1 aliphatic heterocycles. The van der Waals surface area contributed by atoms with E-state index in [1.807, 2.05) is 19.1 Å². The number of nitrogens with zero attached hydrogens (tertiary/aromatic N) is 2. The van der Waals surface area contributed by atoms with Crippen LogP contribution in [0.25, 0.3) is 0 Å². The highest BCUT2D eigenvalue weighted by atomic mass is 79.9. The van der Waals surface area contributed by atoms with Crippen molar-refractivity contribution < 1.29 is 9.90 Å². The monoisotopic (exact) mass is 387 g/mol. The second-order valence-electron chi connectivity index (χ2n) is 5.72. The molecule has 0 saturated carbocycles. The Hall–Kier alpha value is -2.18. The van der Waals surface area contributed by atoms with Gasteiger partial charge in [0.2, 0.25) is 0 Å². The highest BCUT2D eigenvalue weighted by molar-refractivity contribution is 9.10. The molecule has 0 saturated heterocycles. The fourth-order valence-electron chi connectivity index (χ4n) is 2.78. The Morgan fingerprint density at radius 3 is 2.58 bits per heavy atom. The molecule has 24 heavy (non-hydrogen) atoms. The summed E-state index contributed by atoms with van der Waals surface area (Å²) in [6.07, 6.45) is 0.941. The number of amides is 1. The fourth-order valence-corrected chi connectivity index (χ4v) is 3.04. The van der Waals surface area contributed by atoms with Gasteiger partial charge in [0.05, 0.1) is 5.56 Å². The number of carbonyl (C=O) groups excluding carboxylic acids is 1. The molecule has 1 atom stereocenters. The lowest BCUT2D eigenvalue weighted by Gasteiger charge is -2.31. The van der Waals surface area contributed by atoms with Crippen LogP contribution in [-0.2, 0) is 5.72 Å². The number of carbonyl (C=O) groups is 1. The molecule has 2 aromatic rings. The van der Waals surface area contributed by atoms with Crippen molar-refractivity contribution in [1.29, 1.82) is 0 Å².